The second kappa shape index (κ2) is 7.56. The van der Waals surface area contributed by atoms with Gasteiger partial charge in [0.2, 0.25) is 0 Å². The first-order chi connectivity index (χ1) is 13.8. The van der Waals surface area contributed by atoms with Crippen LogP contribution in [0.25, 0.3) is 10.6 Å². The molecule has 0 aliphatic heterocycles. The maximum Gasteiger partial charge on any atom is 0.192 e. The molecule has 1 fully saturated rings. The molecule has 3 heterocycles. The van der Waals surface area contributed by atoms with Crippen LogP contribution >= 0.6 is 23.1 Å². The van der Waals surface area contributed by atoms with Gasteiger partial charge in [-0.1, -0.05) is 41.6 Å². The lowest BCUT2D eigenvalue weighted by Gasteiger charge is -2.07. The van der Waals surface area contributed by atoms with Crippen molar-refractivity contribution in [3.63, 3.8) is 0 Å². The number of aryl methyl sites for hydroxylation is 1. The van der Waals surface area contributed by atoms with Crippen molar-refractivity contribution in [2.24, 2.45) is 0 Å². The SMILES string of the molecule is Cc1ccc(-c2nc(CSc3nnc(C4CC4)n3Cc3ccco3)cs2)cc1. The first-order valence-corrected chi connectivity index (χ1v) is 11.2. The van der Waals surface area contributed by atoms with Crippen LogP contribution in [0.3, 0.4) is 0 Å². The van der Waals surface area contributed by atoms with Crippen LogP contribution in [-0.2, 0) is 12.3 Å². The van der Waals surface area contributed by atoms with E-state index in [1.807, 2.05) is 12.1 Å². The molecule has 0 radical (unpaired) electrons. The summed E-state index contributed by atoms with van der Waals surface area (Å²) in [6, 6.07) is 12.4. The van der Waals surface area contributed by atoms with Gasteiger partial charge in [-0.25, -0.2) is 4.98 Å². The number of hydrogen-bond acceptors (Lipinski definition) is 6. The number of aromatic nitrogens is 4. The molecule has 0 N–H and O–H groups in total. The average Bonchev–Trinajstić information content (AvgIpc) is 3.10. The lowest BCUT2D eigenvalue weighted by Crippen LogP contribution is -2.05. The highest BCUT2D eigenvalue weighted by atomic mass is 32.2. The van der Waals surface area contributed by atoms with E-state index in [0.29, 0.717) is 12.5 Å². The molecule has 0 unspecified atom stereocenters. The van der Waals surface area contributed by atoms with Gasteiger partial charge in [0.05, 0.1) is 18.5 Å². The molecule has 5 nitrogen and oxygen atoms in total. The minimum atomic E-state index is 0.546. The van der Waals surface area contributed by atoms with Crippen LogP contribution < -0.4 is 0 Å². The van der Waals surface area contributed by atoms with Crippen molar-refractivity contribution < 1.29 is 4.42 Å². The van der Waals surface area contributed by atoms with Crippen molar-refractivity contribution in [3.8, 4) is 10.6 Å². The van der Waals surface area contributed by atoms with Gasteiger partial charge in [-0.15, -0.1) is 21.5 Å². The summed E-state index contributed by atoms with van der Waals surface area (Å²) in [6.07, 6.45) is 4.12. The summed E-state index contributed by atoms with van der Waals surface area (Å²) in [5.41, 5.74) is 3.51. The lowest BCUT2D eigenvalue weighted by atomic mass is 10.2. The number of hydrogen-bond donors (Lipinski definition) is 0. The Hall–Kier alpha value is -2.38. The number of thiazole rings is 1. The van der Waals surface area contributed by atoms with Gasteiger partial charge < -0.3 is 4.42 Å². The fraction of sp³-hybridized carbons (Fsp3) is 0.286. The molecule has 4 aromatic rings. The van der Waals surface area contributed by atoms with E-state index in [1.165, 1.54) is 24.0 Å². The van der Waals surface area contributed by atoms with Crippen LogP contribution in [0.4, 0.5) is 0 Å². The van der Waals surface area contributed by atoms with Gasteiger partial charge in [-0.05, 0) is 31.9 Å². The van der Waals surface area contributed by atoms with Crippen molar-refractivity contribution in [2.45, 2.75) is 43.1 Å². The van der Waals surface area contributed by atoms with E-state index in [2.05, 4.69) is 51.3 Å². The zero-order valence-electron chi connectivity index (χ0n) is 15.5. The molecule has 0 atom stereocenters. The van der Waals surface area contributed by atoms with Crippen LogP contribution in [0, 0.1) is 6.92 Å². The Balaban J connectivity index is 1.32. The topological polar surface area (TPSA) is 56.7 Å². The predicted molar refractivity (Wildman–Crippen MR) is 112 cm³/mol. The first kappa shape index (κ1) is 17.7. The highest BCUT2D eigenvalue weighted by Gasteiger charge is 2.30. The second-order valence-electron chi connectivity index (χ2n) is 7.08. The molecule has 7 heteroatoms. The first-order valence-electron chi connectivity index (χ1n) is 9.36. The zero-order chi connectivity index (χ0) is 18.9. The van der Waals surface area contributed by atoms with Crippen molar-refractivity contribution >= 4 is 23.1 Å². The third-order valence-corrected chi connectivity index (χ3v) is 6.72. The molecule has 5 rings (SSSR count). The monoisotopic (exact) mass is 408 g/mol. The van der Waals surface area contributed by atoms with Gasteiger partial charge in [-0.3, -0.25) is 4.57 Å². The Morgan fingerprint density at radius 1 is 1.18 bits per heavy atom. The summed E-state index contributed by atoms with van der Waals surface area (Å²) < 4.78 is 7.75. The molecular formula is C21H20N4OS2. The van der Waals surface area contributed by atoms with E-state index in [1.54, 1.807) is 29.4 Å². The molecule has 1 saturated carbocycles. The molecule has 0 saturated heterocycles. The molecule has 0 amide bonds. The molecular weight excluding hydrogens is 388 g/mol. The fourth-order valence-electron chi connectivity index (χ4n) is 3.10. The Morgan fingerprint density at radius 2 is 2.04 bits per heavy atom. The molecule has 28 heavy (non-hydrogen) atoms. The molecule has 0 bridgehead atoms. The van der Waals surface area contributed by atoms with Gasteiger partial charge in [0.1, 0.15) is 16.6 Å². The summed E-state index contributed by atoms with van der Waals surface area (Å²) in [5.74, 6) is 3.34. The van der Waals surface area contributed by atoms with Gasteiger partial charge in [0.25, 0.3) is 0 Å². The quantitative estimate of drug-likeness (QED) is 0.377. The van der Waals surface area contributed by atoms with E-state index < -0.39 is 0 Å². The van der Waals surface area contributed by atoms with E-state index in [0.717, 1.165) is 33.2 Å². The summed E-state index contributed by atoms with van der Waals surface area (Å²) >= 11 is 3.38. The van der Waals surface area contributed by atoms with Gasteiger partial charge >= 0.3 is 0 Å². The molecule has 3 aromatic heterocycles. The van der Waals surface area contributed by atoms with Crippen molar-refractivity contribution in [1.82, 2.24) is 19.7 Å². The van der Waals surface area contributed by atoms with Crippen molar-refractivity contribution in [1.29, 1.82) is 0 Å². The molecule has 1 aliphatic rings. The van der Waals surface area contributed by atoms with E-state index in [9.17, 15) is 0 Å². The number of rotatable bonds is 7. The number of benzene rings is 1. The predicted octanol–water partition coefficient (Wildman–Crippen LogP) is 5.52. The third-order valence-electron chi connectivity index (χ3n) is 4.78. The molecule has 1 aliphatic carbocycles. The molecule has 142 valence electrons. The highest BCUT2D eigenvalue weighted by Crippen LogP contribution is 2.40. The average molecular weight is 409 g/mol. The van der Waals surface area contributed by atoms with Crippen molar-refractivity contribution in [3.05, 3.63) is 70.9 Å². The van der Waals surface area contributed by atoms with Crippen LogP contribution in [0.2, 0.25) is 0 Å². The number of thioether (sulfide) groups is 1. The third kappa shape index (κ3) is 3.77. The van der Waals surface area contributed by atoms with Crippen LogP contribution in [0.15, 0.2) is 57.6 Å². The van der Waals surface area contributed by atoms with Crippen LogP contribution in [0.5, 0.6) is 0 Å². The maximum absolute atomic E-state index is 5.54. The van der Waals surface area contributed by atoms with Crippen LogP contribution in [-0.4, -0.2) is 19.7 Å². The fourth-order valence-corrected chi connectivity index (χ4v) is 4.87. The summed E-state index contributed by atoms with van der Waals surface area (Å²) in [6.45, 7) is 2.78. The number of nitrogens with zero attached hydrogens (tertiary/aromatic N) is 4. The Kier molecular flexibility index (Phi) is 4.78. The summed E-state index contributed by atoms with van der Waals surface area (Å²) in [7, 11) is 0. The Labute approximate surface area is 171 Å². The lowest BCUT2D eigenvalue weighted by molar-refractivity contribution is 0.478. The summed E-state index contributed by atoms with van der Waals surface area (Å²) in [5, 5.41) is 13.1. The van der Waals surface area contributed by atoms with E-state index in [4.69, 9.17) is 9.40 Å². The van der Waals surface area contributed by atoms with Gasteiger partial charge in [0, 0.05) is 22.6 Å². The van der Waals surface area contributed by atoms with E-state index in [-0.39, 0.29) is 0 Å². The van der Waals surface area contributed by atoms with Gasteiger partial charge in [-0.2, -0.15) is 0 Å². The normalized spacial score (nSPS) is 13.9. The summed E-state index contributed by atoms with van der Waals surface area (Å²) in [4.78, 5) is 4.81. The van der Waals surface area contributed by atoms with Crippen molar-refractivity contribution in [2.75, 3.05) is 0 Å². The standard InChI is InChI=1S/C21H20N4OS2/c1-14-4-6-16(7-5-14)20-22-17(12-27-20)13-28-21-24-23-19(15-8-9-15)25(21)11-18-3-2-10-26-18/h2-7,10,12,15H,8-9,11,13H2,1H3. The largest absolute Gasteiger partial charge is 0.467 e. The number of furan rings is 1. The minimum Gasteiger partial charge on any atom is -0.467 e. The highest BCUT2D eigenvalue weighted by molar-refractivity contribution is 7.98. The second-order valence-corrected chi connectivity index (χ2v) is 8.88. The zero-order valence-corrected chi connectivity index (χ0v) is 17.2. The minimum absolute atomic E-state index is 0.546. The van der Waals surface area contributed by atoms with E-state index >= 15 is 0 Å². The van der Waals surface area contributed by atoms with Gasteiger partial charge in [0.15, 0.2) is 5.16 Å². The molecule has 0 spiro atoms. The molecule has 1 aromatic carbocycles. The Bertz CT molecular complexity index is 1060. The van der Waals surface area contributed by atoms with Crippen LogP contribution in [0.1, 0.15) is 41.6 Å². The Morgan fingerprint density at radius 3 is 2.79 bits per heavy atom. The smallest absolute Gasteiger partial charge is 0.192 e. The maximum atomic E-state index is 5.54.